The smallest absolute Gasteiger partial charge is 0.131 e. The van der Waals surface area contributed by atoms with Crippen LogP contribution in [0.3, 0.4) is 0 Å². The highest BCUT2D eigenvalue weighted by Gasteiger charge is 2.21. The molecular formula is C17H19F2NS. The summed E-state index contributed by atoms with van der Waals surface area (Å²) in [7, 11) is 0. The molecule has 112 valence electrons. The fraction of sp³-hybridized carbons (Fsp3) is 0.294. The molecule has 0 aliphatic carbocycles. The standard InChI is InChI=1S/C17H19F2NS/c1-3-11-20-17(12-7-9-13(21-2)10-8-12)16-14(18)5-4-6-15(16)19/h4-10,17,20H,3,11H2,1-2H3. The highest BCUT2D eigenvalue weighted by atomic mass is 32.2. The number of nitrogens with one attached hydrogen (secondary N) is 1. The van der Waals surface area contributed by atoms with Gasteiger partial charge in [0.05, 0.1) is 6.04 Å². The van der Waals surface area contributed by atoms with E-state index in [0.29, 0.717) is 6.54 Å². The van der Waals surface area contributed by atoms with Gasteiger partial charge in [-0.05, 0) is 49.1 Å². The van der Waals surface area contributed by atoms with Gasteiger partial charge >= 0.3 is 0 Å². The van der Waals surface area contributed by atoms with Gasteiger partial charge in [0.1, 0.15) is 11.6 Å². The molecule has 0 aromatic heterocycles. The molecule has 0 heterocycles. The summed E-state index contributed by atoms with van der Waals surface area (Å²) in [6.07, 6.45) is 2.90. The lowest BCUT2D eigenvalue weighted by molar-refractivity contribution is 0.503. The highest BCUT2D eigenvalue weighted by molar-refractivity contribution is 7.98. The summed E-state index contributed by atoms with van der Waals surface area (Å²) in [5, 5.41) is 3.23. The molecule has 0 fully saturated rings. The first-order chi connectivity index (χ1) is 10.2. The van der Waals surface area contributed by atoms with Gasteiger partial charge in [-0.2, -0.15) is 0 Å². The molecule has 0 aliphatic rings. The number of halogens is 2. The van der Waals surface area contributed by atoms with Gasteiger partial charge in [-0.25, -0.2) is 8.78 Å². The van der Waals surface area contributed by atoms with Crippen LogP contribution in [0.4, 0.5) is 8.78 Å². The highest BCUT2D eigenvalue weighted by Crippen LogP contribution is 2.28. The van der Waals surface area contributed by atoms with E-state index in [1.54, 1.807) is 11.8 Å². The summed E-state index contributed by atoms with van der Waals surface area (Å²) in [6, 6.07) is 11.3. The molecule has 0 radical (unpaired) electrons. The van der Waals surface area contributed by atoms with E-state index in [-0.39, 0.29) is 5.56 Å². The van der Waals surface area contributed by atoms with E-state index < -0.39 is 17.7 Å². The van der Waals surface area contributed by atoms with Gasteiger partial charge in [0.2, 0.25) is 0 Å². The summed E-state index contributed by atoms with van der Waals surface area (Å²) in [4.78, 5) is 1.13. The van der Waals surface area contributed by atoms with Gasteiger partial charge in [-0.1, -0.05) is 25.1 Å². The number of hydrogen-bond donors (Lipinski definition) is 1. The average molecular weight is 307 g/mol. The predicted octanol–water partition coefficient (Wildman–Crippen LogP) is 4.78. The normalized spacial score (nSPS) is 12.4. The Kier molecular flexibility index (Phi) is 5.76. The first kappa shape index (κ1) is 16.0. The van der Waals surface area contributed by atoms with Crippen LogP contribution in [0.5, 0.6) is 0 Å². The van der Waals surface area contributed by atoms with Crippen molar-refractivity contribution in [3.63, 3.8) is 0 Å². The Labute approximate surface area is 128 Å². The first-order valence-electron chi connectivity index (χ1n) is 6.98. The van der Waals surface area contributed by atoms with Gasteiger partial charge in [0.25, 0.3) is 0 Å². The molecule has 0 saturated carbocycles. The lowest BCUT2D eigenvalue weighted by Gasteiger charge is -2.21. The number of benzene rings is 2. The third-order valence-electron chi connectivity index (χ3n) is 3.34. The number of hydrogen-bond acceptors (Lipinski definition) is 2. The number of thioether (sulfide) groups is 1. The Bertz CT molecular complexity index is 564. The summed E-state index contributed by atoms with van der Waals surface area (Å²) in [6.45, 7) is 2.72. The van der Waals surface area contributed by atoms with E-state index in [1.165, 1.54) is 18.2 Å². The third-order valence-corrected chi connectivity index (χ3v) is 4.08. The SMILES string of the molecule is CCCNC(c1ccc(SC)cc1)c1c(F)cccc1F. The van der Waals surface area contributed by atoms with E-state index in [4.69, 9.17) is 0 Å². The minimum atomic E-state index is -0.516. The van der Waals surface area contributed by atoms with Crippen LogP contribution in [0.25, 0.3) is 0 Å². The molecule has 1 N–H and O–H groups in total. The van der Waals surface area contributed by atoms with E-state index in [2.05, 4.69) is 5.32 Å². The predicted molar refractivity (Wildman–Crippen MR) is 84.7 cm³/mol. The zero-order valence-corrected chi connectivity index (χ0v) is 13.0. The van der Waals surface area contributed by atoms with Gasteiger partial charge < -0.3 is 5.32 Å². The Morgan fingerprint density at radius 2 is 1.67 bits per heavy atom. The molecule has 1 nitrogen and oxygen atoms in total. The molecule has 0 saturated heterocycles. The van der Waals surface area contributed by atoms with Crippen molar-refractivity contribution in [3.05, 3.63) is 65.2 Å². The first-order valence-corrected chi connectivity index (χ1v) is 8.21. The van der Waals surface area contributed by atoms with E-state index in [1.807, 2.05) is 37.4 Å². The van der Waals surface area contributed by atoms with E-state index >= 15 is 0 Å². The fourth-order valence-electron chi connectivity index (χ4n) is 2.26. The van der Waals surface area contributed by atoms with Crippen LogP contribution < -0.4 is 5.32 Å². The zero-order valence-electron chi connectivity index (χ0n) is 12.2. The maximum Gasteiger partial charge on any atom is 0.131 e. The zero-order chi connectivity index (χ0) is 15.2. The second-order valence-corrected chi connectivity index (χ2v) is 5.68. The van der Waals surface area contributed by atoms with Crippen LogP contribution in [-0.2, 0) is 0 Å². The van der Waals surface area contributed by atoms with Crippen LogP contribution in [0.1, 0.15) is 30.5 Å². The van der Waals surface area contributed by atoms with Crippen molar-refractivity contribution in [2.45, 2.75) is 24.3 Å². The van der Waals surface area contributed by atoms with Crippen LogP contribution >= 0.6 is 11.8 Å². The van der Waals surface area contributed by atoms with Crippen LogP contribution in [0, 0.1) is 11.6 Å². The van der Waals surface area contributed by atoms with Crippen LogP contribution in [0.15, 0.2) is 47.4 Å². The second-order valence-electron chi connectivity index (χ2n) is 4.80. The monoisotopic (exact) mass is 307 g/mol. The number of rotatable bonds is 6. The minimum absolute atomic E-state index is 0.0860. The molecule has 2 aromatic carbocycles. The lowest BCUT2D eigenvalue weighted by Crippen LogP contribution is -2.25. The Morgan fingerprint density at radius 3 is 2.19 bits per heavy atom. The van der Waals surface area contributed by atoms with Gasteiger partial charge in [-0.15, -0.1) is 11.8 Å². The lowest BCUT2D eigenvalue weighted by atomic mass is 9.97. The Morgan fingerprint density at radius 1 is 1.05 bits per heavy atom. The van der Waals surface area contributed by atoms with Crippen molar-refractivity contribution in [1.82, 2.24) is 5.32 Å². The van der Waals surface area contributed by atoms with Gasteiger partial charge in [0.15, 0.2) is 0 Å². The van der Waals surface area contributed by atoms with Crippen molar-refractivity contribution in [2.75, 3.05) is 12.8 Å². The van der Waals surface area contributed by atoms with Crippen molar-refractivity contribution >= 4 is 11.8 Å². The van der Waals surface area contributed by atoms with Crippen molar-refractivity contribution in [2.24, 2.45) is 0 Å². The molecular weight excluding hydrogens is 288 g/mol. The topological polar surface area (TPSA) is 12.0 Å². The average Bonchev–Trinajstić information content (AvgIpc) is 2.50. The molecule has 1 atom stereocenters. The van der Waals surface area contributed by atoms with Gasteiger partial charge in [-0.3, -0.25) is 0 Å². The van der Waals surface area contributed by atoms with Crippen LogP contribution in [0.2, 0.25) is 0 Å². The minimum Gasteiger partial charge on any atom is -0.306 e. The fourth-order valence-corrected chi connectivity index (χ4v) is 2.67. The molecule has 1 unspecified atom stereocenters. The second kappa shape index (κ2) is 7.57. The van der Waals surface area contributed by atoms with Crippen molar-refractivity contribution in [3.8, 4) is 0 Å². The van der Waals surface area contributed by atoms with Crippen LogP contribution in [-0.4, -0.2) is 12.8 Å². The Hall–Kier alpha value is -1.39. The molecule has 2 rings (SSSR count). The van der Waals surface area contributed by atoms with E-state index in [0.717, 1.165) is 16.9 Å². The van der Waals surface area contributed by atoms with Crippen molar-refractivity contribution in [1.29, 1.82) is 0 Å². The molecule has 2 aromatic rings. The molecule has 0 amide bonds. The molecule has 0 bridgehead atoms. The third kappa shape index (κ3) is 3.83. The van der Waals surface area contributed by atoms with Crippen molar-refractivity contribution < 1.29 is 8.78 Å². The Balaban J connectivity index is 2.41. The molecule has 4 heteroatoms. The molecule has 0 aliphatic heterocycles. The summed E-state index contributed by atoms with van der Waals surface area (Å²) in [5.74, 6) is -1.03. The molecule has 21 heavy (non-hydrogen) atoms. The van der Waals surface area contributed by atoms with E-state index in [9.17, 15) is 8.78 Å². The quantitative estimate of drug-likeness (QED) is 0.771. The maximum absolute atomic E-state index is 14.1. The molecule has 0 spiro atoms. The summed E-state index contributed by atoms with van der Waals surface area (Å²) < 4.78 is 28.1. The maximum atomic E-state index is 14.1. The van der Waals surface area contributed by atoms with Gasteiger partial charge in [0, 0.05) is 10.5 Å². The summed E-state index contributed by atoms with van der Waals surface area (Å²) >= 11 is 1.64. The summed E-state index contributed by atoms with van der Waals surface area (Å²) in [5.41, 5.74) is 0.952. The largest absolute Gasteiger partial charge is 0.306 e.